The standard InChI is InChI=1S/C28H31NO6S/c1-17(16-24(36)26-27(30)23(34-5)14-15-29-26)28(31)35-18(2)25(19-10-6-8-12-21(19)32-3)20-11-7-9-13-22(20)33-4/h6-15,17-18,25,30H,16H2,1-5H3/t17-,18+/m1/s1. The van der Waals surface area contributed by atoms with E-state index >= 15 is 0 Å². The molecule has 0 radical (unpaired) electrons. The Morgan fingerprint density at radius 2 is 1.42 bits per heavy atom. The summed E-state index contributed by atoms with van der Waals surface area (Å²) in [6.07, 6.45) is 1.13. The van der Waals surface area contributed by atoms with Gasteiger partial charge in [0.1, 0.15) is 23.3 Å². The van der Waals surface area contributed by atoms with E-state index in [1.54, 1.807) is 21.1 Å². The SMILES string of the molecule is COc1ccccc1C(c1ccccc1OC)[C@H](C)OC(=O)[C@H](C)CC(=S)c1nccc(OC)c1O. The Morgan fingerprint density at radius 3 is 1.94 bits per heavy atom. The number of ether oxygens (including phenoxy) is 4. The highest BCUT2D eigenvalue weighted by Gasteiger charge is 2.31. The van der Waals surface area contributed by atoms with Gasteiger partial charge in [-0.15, -0.1) is 0 Å². The van der Waals surface area contributed by atoms with Gasteiger partial charge in [-0.2, -0.15) is 0 Å². The average Bonchev–Trinajstić information content (AvgIpc) is 2.89. The normalized spacial score (nSPS) is 12.5. The first kappa shape index (κ1) is 26.9. The van der Waals surface area contributed by atoms with Gasteiger partial charge in [0.2, 0.25) is 0 Å². The minimum Gasteiger partial charge on any atom is -0.503 e. The minimum absolute atomic E-state index is 0.147. The molecular formula is C28H31NO6S. The first-order valence-corrected chi connectivity index (χ1v) is 11.9. The average molecular weight is 510 g/mol. The van der Waals surface area contributed by atoms with Crippen LogP contribution in [0.25, 0.3) is 0 Å². The molecule has 0 saturated heterocycles. The molecular weight excluding hydrogens is 478 g/mol. The number of nitrogens with zero attached hydrogens (tertiary/aromatic N) is 1. The number of hydrogen-bond acceptors (Lipinski definition) is 8. The predicted molar refractivity (Wildman–Crippen MR) is 141 cm³/mol. The van der Waals surface area contributed by atoms with Crippen molar-refractivity contribution in [3.63, 3.8) is 0 Å². The number of pyridine rings is 1. The van der Waals surface area contributed by atoms with Crippen LogP contribution < -0.4 is 14.2 Å². The van der Waals surface area contributed by atoms with E-state index in [1.807, 2.05) is 55.5 Å². The van der Waals surface area contributed by atoms with Crippen molar-refractivity contribution in [3.8, 4) is 23.0 Å². The van der Waals surface area contributed by atoms with Crippen LogP contribution in [0.4, 0.5) is 0 Å². The Balaban J connectivity index is 1.84. The van der Waals surface area contributed by atoms with E-state index < -0.39 is 18.0 Å². The van der Waals surface area contributed by atoms with Gasteiger partial charge in [-0.3, -0.25) is 9.78 Å². The van der Waals surface area contributed by atoms with Gasteiger partial charge in [0.15, 0.2) is 11.5 Å². The fourth-order valence-electron chi connectivity index (χ4n) is 4.15. The first-order chi connectivity index (χ1) is 17.3. The van der Waals surface area contributed by atoms with Gasteiger partial charge in [-0.1, -0.05) is 55.5 Å². The number of benzene rings is 2. The molecule has 2 aromatic carbocycles. The number of thiocarbonyl (C=S) groups is 1. The van der Waals surface area contributed by atoms with Crippen molar-refractivity contribution < 1.29 is 28.8 Å². The quantitative estimate of drug-likeness (QED) is 0.211. The Morgan fingerprint density at radius 1 is 0.889 bits per heavy atom. The Kier molecular flexibility index (Phi) is 9.25. The molecule has 0 fully saturated rings. The third-order valence-electron chi connectivity index (χ3n) is 5.98. The monoisotopic (exact) mass is 509 g/mol. The number of rotatable bonds is 11. The number of aromatic nitrogens is 1. The molecule has 0 aliphatic rings. The molecule has 1 N–H and O–H groups in total. The molecule has 3 aromatic rings. The fraction of sp³-hybridized carbons (Fsp3) is 0.321. The number of carbonyl (C=O) groups excluding carboxylic acids is 1. The molecule has 7 nitrogen and oxygen atoms in total. The minimum atomic E-state index is -0.566. The van der Waals surface area contributed by atoms with Gasteiger partial charge < -0.3 is 24.1 Å². The van der Waals surface area contributed by atoms with E-state index in [0.29, 0.717) is 16.4 Å². The van der Waals surface area contributed by atoms with Gasteiger partial charge in [-0.25, -0.2) is 0 Å². The molecule has 0 unspecified atom stereocenters. The highest BCUT2D eigenvalue weighted by molar-refractivity contribution is 7.80. The van der Waals surface area contributed by atoms with E-state index in [9.17, 15) is 9.90 Å². The van der Waals surface area contributed by atoms with Gasteiger partial charge in [0, 0.05) is 28.3 Å². The maximum Gasteiger partial charge on any atom is 0.309 e. The van der Waals surface area contributed by atoms with Crippen LogP contribution in [0, 0.1) is 5.92 Å². The summed E-state index contributed by atoms with van der Waals surface area (Å²) in [4.78, 5) is 17.6. The summed E-state index contributed by atoms with van der Waals surface area (Å²) in [6.45, 7) is 3.59. The van der Waals surface area contributed by atoms with E-state index in [4.69, 9.17) is 31.2 Å². The van der Waals surface area contributed by atoms with Crippen LogP contribution in [0.3, 0.4) is 0 Å². The summed E-state index contributed by atoms with van der Waals surface area (Å²) in [6, 6.07) is 16.8. The van der Waals surface area contributed by atoms with Crippen molar-refractivity contribution in [1.29, 1.82) is 0 Å². The number of para-hydroxylation sites is 2. The molecule has 8 heteroatoms. The van der Waals surface area contributed by atoms with Crippen LogP contribution in [0.2, 0.25) is 0 Å². The molecule has 3 rings (SSSR count). The molecule has 0 aliphatic carbocycles. The molecule has 0 spiro atoms. The van der Waals surface area contributed by atoms with Crippen molar-refractivity contribution in [1.82, 2.24) is 4.98 Å². The lowest BCUT2D eigenvalue weighted by Crippen LogP contribution is -2.28. The highest BCUT2D eigenvalue weighted by atomic mass is 32.1. The van der Waals surface area contributed by atoms with Gasteiger partial charge in [0.25, 0.3) is 0 Å². The number of esters is 1. The van der Waals surface area contributed by atoms with Crippen molar-refractivity contribution in [2.24, 2.45) is 5.92 Å². The maximum absolute atomic E-state index is 13.2. The summed E-state index contributed by atoms with van der Waals surface area (Å²) in [5.74, 6) is 0.166. The maximum atomic E-state index is 13.2. The van der Waals surface area contributed by atoms with Gasteiger partial charge in [0.05, 0.1) is 33.2 Å². The van der Waals surface area contributed by atoms with E-state index in [-0.39, 0.29) is 29.5 Å². The third-order valence-corrected chi connectivity index (χ3v) is 6.34. The van der Waals surface area contributed by atoms with Crippen molar-refractivity contribution in [3.05, 3.63) is 77.6 Å². The van der Waals surface area contributed by atoms with Crippen LogP contribution in [0.15, 0.2) is 60.8 Å². The Hall–Kier alpha value is -3.65. The van der Waals surface area contributed by atoms with Crippen LogP contribution in [0.5, 0.6) is 23.0 Å². The zero-order valence-electron chi connectivity index (χ0n) is 21.1. The predicted octanol–water partition coefficient (Wildman–Crippen LogP) is 5.32. The molecule has 0 saturated carbocycles. The molecule has 36 heavy (non-hydrogen) atoms. The molecule has 1 heterocycles. The molecule has 190 valence electrons. The fourth-order valence-corrected chi connectivity index (χ4v) is 4.55. The summed E-state index contributed by atoms with van der Waals surface area (Å²) in [5.41, 5.74) is 1.97. The molecule has 2 atom stereocenters. The van der Waals surface area contributed by atoms with Crippen LogP contribution in [0.1, 0.15) is 43.0 Å². The van der Waals surface area contributed by atoms with Gasteiger partial charge in [-0.05, 0) is 25.5 Å². The lowest BCUT2D eigenvalue weighted by molar-refractivity contribution is -0.153. The highest BCUT2D eigenvalue weighted by Crippen LogP contribution is 2.40. The lowest BCUT2D eigenvalue weighted by atomic mass is 9.85. The van der Waals surface area contributed by atoms with Crippen LogP contribution in [-0.2, 0) is 9.53 Å². The molecule has 0 amide bonds. The van der Waals surface area contributed by atoms with E-state index in [2.05, 4.69) is 4.98 Å². The molecule has 0 bridgehead atoms. The second-order valence-electron chi connectivity index (χ2n) is 8.34. The Labute approximate surface area is 217 Å². The largest absolute Gasteiger partial charge is 0.503 e. The lowest BCUT2D eigenvalue weighted by Gasteiger charge is -2.28. The number of hydrogen-bond donors (Lipinski definition) is 1. The van der Waals surface area contributed by atoms with E-state index in [1.165, 1.54) is 19.4 Å². The van der Waals surface area contributed by atoms with Gasteiger partial charge >= 0.3 is 5.97 Å². The Bertz CT molecular complexity index is 1170. The molecule has 0 aliphatic heterocycles. The summed E-state index contributed by atoms with van der Waals surface area (Å²) < 4.78 is 22.3. The summed E-state index contributed by atoms with van der Waals surface area (Å²) in [7, 11) is 4.67. The first-order valence-electron chi connectivity index (χ1n) is 11.5. The van der Waals surface area contributed by atoms with E-state index in [0.717, 1.165) is 11.1 Å². The van der Waals surface area contributed by atoms with Crippen LogP contribution in [-0.4, -0.2) is 48.4 Å². The number of methoxy groups -OCH3 is 3. The summed E-state index contributed by atoms with van der Waals surface area (Å²) in [5, 5.41) is 10.4. The second kappa shape index (κ2) is 12.4. The topological polar surface area (TPSA) is 87.1 Å². The summed E-state index contributed by atoms with van der Waals surface area (Å²) >= 11 is 5.48. The van der Waals surface area contributed by atoms with Crippen molar-refractivity contribution in [2.75, 3.05) is 21.3 Å². The molecule has 1 aromatic heterocycles. The zero-order valence-corrected chi connectivity index (χ0v) is 21.9. The second-order valence-corrected chi connectivity index (χ2v) is 8.84. The number of aromatic hydroxyl groups is 1. The number of carbonyl (C=O) groups is 1. The van der Waals surface area contributed by atoms with Crippen molar-refractivity contribution in [2.45, 2.75) is 32.3 Å². The van der Waals surface area contributed by atoms with Crippen molar-refractivity contribution >= 4 is 23.1 Å². The third kappa shape index (κ3) is 5.94. The zero-order chi connectivity index (χ0) is 26.2. The van der Waals surface area contributed by atoms with Crippen LogP contribution >= 0.6 is 12.2 Å². The smallest absolute Gasteiger partial charge is 0.309 e.